The number of rotatable bonds is 32. The van der Waals surface area contributed by atoms with E-state index in [1.165, 1.54) is 140 Å². The molecule has 0 saturated carbocycles. The topological polar surface area (TPSA) is 62.7 Å². The van der Waals surface area contributed by atoms with Gasteiger partial charge in [-0.2, -0.15) is 8.75 Å². The van der Waals surface area contributed by atoms with Crippen LogP contribution >= 0.6 is 11.7 Å². The van der Waals surface area contributed by atoms with Gasteiger partial charge < -0.3 is 18.9 Å². The van der Waals surface area contributed by atoms with Gasteiger partial charge in [-0.3, -0.25) is 0 Å². The first-order valence-electron chi connectivity index (χ1n) is 24.2. The largest absolute Gasteiger partial charge is 0.490 e. The lowest BCUT2D eigenvalue weighted by molar-refractivity contribution is 0.258. The third kappa shape index (κ3) is 19.6. The van der Waals surface area contributed by atoms with Gasteiger partial charge in [0, 0.05) is 11.1 Å². The molecule has 61 heavy (non-hydrogen) atoms. The molecule has 0 saturated heterocycles. The molecule has 0 aliphatic rings. The molecule has 0 spiro atoms. The molecule has 0 aliphatic heterocycles. The van der Waals surface area contributed by atoms with Crippen LogP contribution in [-0.2, 0) is 0 Å². The van der Waals surface area contributed by atoms with Crippen molar-refractivity contribution in [2.45, 2.75) is 182 Å². The first-order valence-corrected chi connectivity index (χ1v) is 25.0. The molecule has 1 aromatic heterocycles. The quantitative estimate of drug-likeness (QED) is 0.0360. The minimum Gasteiger partial charge on any atom is -0.490 e. The third-order valence-corrected chi connectivity index (χ3v) is 11.5. The van der Waals surface area contributed by atoms with E-state index < -0.39 is 0 Å². The van der Waals surface area contributed by atoms with Gasteiger partial charge in [0.15, 0.2) is 23.0 Å². The maximum atomic E-state index is 6.33. The zero-order chi connectivity index (χ0) is 43.0. The van der Waals surface area contributed by atoms with Crippen LogP contribution in [-0.4, -0.2) is 35.2 Å². The predicted octanol–water partition coefficient (Wildman–Crippen LogP) is 15.4. The molecule has 0 bridgehead atoms. The van der Waals surface area contributed by atoms with Crippen LogP contribution < -0.4 is 18.9 Å². The number of aromatic nitrogens is 2. The van der Waals surface area contributed by atoms with E-state index in [2.05, 4.69) is 60.1 Å². The lowest BCUT2D eigenvalue weighted by atomic mass is 10.1. The minimum atomic E-state index is 0.675. The molecular formula is C54H76N2O4S. The minimum absolute atomic E-state index is 0.675. The highest BCUT2D eigenvalue weighted by Crippen LogP contribution is 2.31. The van der Waals surface area contributed by atoms with Crippen molar-refractivity contribution in [2.75, 3.05) is 26.4 Å². The Kier molecular flexibility index (Phi) is 25.6. The summed E-state index contributed by atoms with van der Waals surface area (Å²) in [6, 6.07) is 16.1. The van der Waals surface area contributed by atoms with Gasteiger partial charge in [-0.05, 0) is 74.2 Å². The van der Waals surface area contributed by atoms with Gasteiger partial charge >= 0.3 is 0 Å². The second kappa shape index (κ2) is 31.6. The third-order valence-electron chi connectivity index (χ3n) is 11.0. The van der Waals surface area contributed by atoms with E-state index in [4.69, 9.17) is 18.9 Å². The van der Waals surface area contributed by atoms with Crippen molar-refractivity contribution >= 4 is 22.8 Å². The van der Waals surface area contributed by atoms with Crippen molar-refractivity contribution in [3.8, 4) is 46.7 Å². The van der Waals surface area contributed by atoms with Gasteiger partial charge in [-0.15, -0.1) is 0 Å². The van der Waals surface area contributed by atoms with Crippen molar-refractivity contribution < 1.29 is 18.9 Å². The molecule has 4 rings (SSSR count). The van der Waals surface area contributed by atoms with E-state index in [0.29, 0.717) is 26.4 Å². The van der Waals surface area contributed by atoms with Crippen molar-refractivity contribution in [2.24, 2.45) is 0 Å². The van der Waals surface area contributed by atoms with Crippen LogP contribution in [0.3, 0.4) is 0 Å². The highest BCUT2D eigenvalue weighted by Gasteiger charge is 2.11. The Morgan fingerprint density at radius 1 is 0.361 bits per heavy atom. The van der Waals surface area contributed by atoms with E-state index in [0.717, 1.165) is 82.0 Å². The highest BCUT2D eigenvalue weighted by molar-refractivity contribution is 7.00. The summed E-state index contributed by atoms with van der Waals surface area (Å²) in [7, 11) is 0. The van der Waals surface area contributed by atoms with Crippen LogP contribution in [0.15, 0.2) is 48.5 Å². The Bertz CT molecular complexity index is 1780. The zero-order valence-corrected chi connectivity index (χ0v) is 39.2. The van der Waals surface area contributed by atoms with Gasteiger partial charge in [0.1, 0.15) is 11.0 Å². The number of fused-ring (bicyclic) bond motifs is 1. The molecule has 7 heteroatoms. The van der Waals surface area contributed by atoms with Crippen molar-refractivity contribution in [3.63, 3.8) is 0 Å². The van der Waals surface area contributed by atoms with Crippen molar-refractivity contribution in [3.05, 3.63) is 70.8 Å². The predicted molar refractivity (Wildman–Crippen MR) is 258 cm³/mol. The molecule has 332 valence electrons. The second-order valence-corrected chi connectivity index (χ2v) is 16.9. The van der Waals surface area contributed by atoms with Gasteiger partial charge in [0.2, 0.25) is 0 Å². The lowest BCUT2D eigenvalue weighted by Crippen LogP contribution is -2.03. The van der Waals surface area contributed by atoms with E-state index in [1.54, 1.807) is 0 Å². The zero-order valence-electron chi connectivity index (χ0n) is 38.4. The Labute approximate surface area is 374 Å². The standard InChI is InChI=1S/C54H76N2O4S/c1-5-9-13-17-21-25-39-57-49-37-31-45(43-51(49)59-41-27-23-19-15-11-7-3)29-33-47-35-36-48(54-53(47)55-61-56-54)34-30-46-32-38-50(58-40-26-22-18-14-10-6-2)52(44-46)60-42-28-24-20-16-12-8-4/h31-32,35-38,43-44H,5-28,39-42H2,1-4H3. The highest BCUT2D eigenvalue weighted by atomic mass is 32.1. The summed E-state index contributed by atoms with van der Waals surface area (Å²) in [5.41, 5.74) is 4.93. The van der Waals surface area contributed by atoms with Gasteiger partial charge in [0.05, 0.1) is 49.3 Å². The molecule has 3 aromatic carbocycles. The molecule has 0 aliphatic carbocycles. The van der Waals surface area contributed by atoms with E-state index >= 15 is 0 Å². The number of benzene rings is 3. The Hall–Kier alpha value is -4.20. The Morgan fingerprint density at radius 2 is 0.672 bits per heavy atom. The maximum absolute atomic E-state index is 6.33. The van der Waals surface area contributed by atoms with Gasteiger partial charge in [0.25, 0.3) is 0 Å². The maximum Gasteiger partial charge on any atom is 0.162 e. The fourth-order valence-electron chi connectivity index (χ4n) is 7.24. The van der Waals surface area contributed by atoms with E-state index in [1.807, 2.05) is 48.5 Å². The van der Waals surface area contributed by atoms with E-state index in [-0.39, 0.29) is 0 Å². The summed E-state index contributed by atoms with van der Waals surface area (Å²) >= 11 is 1.19. The summed E-state index contributed by atoms with van der Waals surface area (Å²) in [6.45, 7) is 11.8. The molecule has 0 unspecified atom stereocenters. The molecule has 1 heterocycles. The summed E-state index contributed by atoms with van der Waals surface area (Å²) < 4.78 is 34.5. The number of unbranched alkanes of at least 4 members (excludes halogenated alkanes) is 20. The smallest absolute Gasteiger partial charge is 0.162 e. The van der Waals surface area contributed by atoms with Crippen LogP contribution in [0.4, 0.5) is 0 Å². The van der Waals surface area contributed by atoms with E-state index in [9.17, 15) is 0 Å². The van der Waals surface area contributed by atoms with Crippen LogP contribution in [0.2, 0.25) is 0 Å². The van der Waals surface area contributed by atoms with Crippen molar-refractivity contribution in [1.82, 2.24) is 8.75 Å². The summed E-state index contributed by atoms with van der Waals surface area (Å²) in [6.07, 6.45) is 29.4. The summed E-state index contributed by atoms with van der Waals surface area (Å²) in [5.74, 6) is 16.6. The SMILES string of the molecule is CCCCCCCCOc1ccc(C#Cc2ccc(C#Cc3ccc(OCCCCCCCC)c(OCCCCCCCC)c3)c3nsnc23)cc1OCCCCCCCC. The van der Waals surface area contributed by atoms with Crippen LogP contribution in [0.5, 0.6) is 23.0 Å². The van der Waals surface area contributed by atoms with Crippen molar-refractivity contribution in [1.29, 1.82) is 0 Å². The first kappa shape index (κ1) is 49.5. The fraction of sp³-hybridized carbons (Fsp3) is 0.593. The average Bonchev–Trinajstić information content (AvgIpc) is 3.78. The average molecular weight is 849 g/mol. The monoisotopic (exact) mass is 849 g/mol. The van der Waals surface area contributed by atoms with Crippen LogP contribution in [0, 0.1) is 23.7 Å². The van der Waals surface area contributed by atoms with Gasteiger partial charge in [-0.1, -0.05) is 180 Å². The molecule has 4 aromatic rings. The number of ether oxygens (including phenoxy) is 4. The molecule has 6 nitrogen and oxygen atoms in total. The van der Waals surface area contributed by atoms with Crippen LogP contribution in [0.25, 0.3) is 11.0 Å². The first-order chi connectivity index (χ1) is 30.2. The second-order valence-electron chi connectivity index (χ2n) is 16.4. The van der Waals surface area contributed by atoms with Crippen LogP contribution in [0.1, 0.15) is 204 Å². The molecule has 0 radical (unpaired) electrons. The molecule has 0 fully saturated rings. The number of hydrogen-bond donors (Lipinski definition) is 0. The summed E-state index contributed by atoms with van der Waals surface area (Å²) in [4.78, 5) is 0. The van der Waals surface area contributed by atoms with Gasteiger partial charge in [-0.25, -0.2) is 0 Å². The number of hydrogen-bond acceptors (Lipinski definition) is 7. The summed E-state index contributed by atoms with van der Waals surface area (Å²) in [5, 5.41) is 0. The Balaban J connectivity index is 1.45. The Morgan fingerprint density at radius 3 is 1.02 bits per heavy atom. The number of nitrogens with zero attached hydrogens (tertiary/aromatic N) is 2. The normalized spacial score (nSPS) is 10.9. The molecule has 0 atom stereocenters. The molecule has 0 N–H and O–H groups in total. The fourth-order valence-corrected chi connectivity index (χ4v) is 7.81. The molecule has 0 amide bonds. The molecular weight excluding hydrogens is 773 g/mol. The lowest BCUT2D eigenvalue weighted by Gasteiger charge is -2.13.